The van der Waals surface area contributed by atoms with Gasteiger partial charge in [0.05, 0.1) is 13.0 Å². The van der Waals surface area contributed by atoms with E-state index in [2.05, 4.69) is 32.3 Å². The molecular formula is C18H23N5O2. The summed E-state index contributed by atoms with van der Waals surface area (Å²) in [7, 11) is 1.59. The van der Waals surface area contributed by atoms with Gasteiger partial charge in [-0.05, 0) is 29.7 Å². The molecule has 1 aliphatic heterocycles. The number of fused-ring (bicyclic) bond motifs is 1. The fraction of sp³-hybridized carbons (Fsp3) is 0.389. The van der Waals surface area contributed by atoms with Crippen molar-refractivity contribution in [1.29, 1.82) is 0 Å². The minimum absolute atomic E-state index is 0.0338. The van der Waals surface area contributed by atoms with E-state index in [9.17, 15) is 4.79 Å². The lowest BCUT2D eigenvalue weighted by Gasteiger charge is -2.29. The molecule has 2 aromatic rings. The van der Waals surface area contributed by atoms with E-state index in [-0.39, 0.29) is 5.91 Å². The lowest BCUT2D eigenvalue weighted by atomic mass is 9.98. The Labute approximate surface area is 147 Å². The number of rotatable bonds is 6. The van der Waals surface area contributed by atoms with Gasteiger partial charge < -0.3 is 15.8 Å². The van der Waals surface area contributed by atoms with Gasteiger partial charge in [0.25, 0.3) is 0 Å². The highest BCUT2D eigenvalue weighted by atomic mass is 16.5. The number of aromatic nitrogens is 2. The van der Waals surface area contributed by atoms with Gasteiger partial charge in [-0.1, -0.05) is 6.07 Å². The van der Waals surface area contributed by atoms with Gasteiger partial charge in [0.1, 0.15) is 0 Å². The summed E-state index contributed by atoms with van der Waals surface area (Å²) in [4.78, 5) is 22.3. The van der Waals surface area contributed by atoms with Crippen LogP contribution in [0.5, 0.6) is 0 Å². The number of carbonyl (C=O) groups excluding carboxylic acids is 1. The summed E-state index contributed by atoms with van der Waals surface area (Å²) in [6, 6.07) is 6.13. The Morgan fingerprint density at radius 1 is 1.32 bits per heavy atom. The Hall–Kier alpha value is -2.51. The van der Waals surface area contributed by atoms with Crippen LogP contribution < -0.4 is 11.1 Å². The average Bonchev–Trinajstić information content (AvgIpc) is 2.61. The van der Waals surface area contributed by atoms with Gasteiger partial charge in [-0.2, -0.15) is 0 Å². The summed E-state index contributed by atoms with van der Waals surface area (Å²) in [5.74, 6) is 0.259. The highest BCUT2D eigenvalue weighted by molar-refractivity contribution is 5.90. The van der Waals surface area contributed by atoms with Gasteiger partial charge >= 0.3 is 0 Å². The summed E-state index contributed by atoms with van der Waals surface area (Å²) in [5, 5.41) is 2.93. The van der Waals surface area contributed by atoms with Crippen molar-refractivity contribution in [2.45, 2.75) is 25.9 Å². The van der Waals surface area contributed by atoms with E-state index >= 15 is 0 Å². The number of anilines is 2. The lowest BCUT2D eigenvalue weighted by Crippen LogP contribution is -2.30. The largest absolute Gasteiger partial charge is 0.384 e. The minimum Gasteiger partial charge on any atom is -0.384 e. The summed E-state index contributed by atoms with van der Waals surface area (Å²) < 4.78 is 4.93. The molecule has 7 nitrogen and oxygen atoms in total. The number of hydrogen-bond acceptors (Lipinski definition) is 6. The molecule has 3 rings (SSSR count). The Morgan fingerprint density at radius 3 is 2.88 bits per heavy atom. The van der Waals surface area contributed by atoms with E-state index in [1.807, 2.05) is 6.07 Å². The van der Waals surface area contributed by atoms with Crippen LogP contribution in [0.3, 0.4) is 0 Å². The van der Waals surface area contributed by atoms with Crippen molar-refractivity contribution in [3.05, 3.63) is 47.3 Å². The van der Waals surface area contributed by atoms with Crippen molar-refractivity contribution in [2.24, 2.45) is 0 Å². The molecule has 1 amide bonds. The molecule has 25 heavy (non-hydrogen) atoms. The van der Waals surface area contributed by atoms with Gasteiger partial charge in [0, 0.05) is 50.4 Å². The molecule has 0 aliphatic carbocycles. The molecule has 3 N–H and O–H groups in total. The van der Waals surface area contributed by atoms with Crippen LogP contribution in [0.25, 0.3) is 0 Å². The Kier molecular flexibility index (Phi) is 5.57. The fourth-order valence-corrected chi connectivity index (χ4v) is 2.95. The molecule has 132 valence electrons. The second-order valence-corrected chi connectivity index (χ2v) is 6.18. The van der Waals surface area contributed by atoms with Crippen molar-refractivity contribution < 1.29 is 9.53 Å². The number of nitrogens with two attached hydrogens (primary N) is 1. The first kappa shape index (κ1) is 17.3. The first-order valence-corrected chi connectivity index (χ1v) is 8.33. The topological polar surface area (TPSA) is 93.4 Å². The van der Waals surface area contributed by atoms with Gasteiger partial charge in [0.2, 0.25) is 11.9 Å². The minimum atomic E-state index is -0.0338. The first-order valence-electron chi connectivity index (χ1n) is 8.33. The SMILES string of the molecule is COCCC(=O)Nc1ccc2c(c1)CN(Cc1cnc(N)nc1)CC2. The van der Waals surface area contributed by atoms with Gasteiger partial charge in [-0.15, -0.1) is 0 Å². The van der Waals surface area contributed by atoms with Crippen LogP contribution in [0.2, 0.25) is 0 Å². The summed E-state index contributed by atoms with van der Waals surface area (Å²) >= 11 is 0. The fourth-order valence-electron chi connectivity index (χ4n) is 2.95. The number of nitrogen functional groups attached to an aromatic ring is 1. The number of hydrogen-bond donors (Lipinski definition) is 2. The number of methoxy groups -OCH3 is 1. The molecule has 1 aliphatic rings. The number of nitrogens with one attached hydrogen (secondary N) is 1. The molecule has 0 saturated heterocycles. The van der Waals surface area contributed by atoms with Crippen molar-refractivity contribution >= 4 is 17.5 Å². The highest BCUT2D eigenvalue weighted by Crippen LogP contribution is 2.24. The Bertz CT molecular complexity index is 733. The molecule has 2 heterocycles. The van der Waals surface area contributed by atoms with Crippen molar-refractivity contribution in [1.82, 2.24) is 14.9 Å². The maximum Gasteiger partial charge on any atom is 0.226 e. The second-order valence-electron chi connectivity index (χ2n) is 6.18. The third kappa shape index (κ3) is 4.74. The third-order valence-corrected chi connectivity index (χ3v) is 4.25. The Morgan fingerprint density at radius 2 is 2.12 bits per heavy atom. The van der Waals surface area contributed by atoms with Gasteiger partial charge in [0.15, 0.2) is 0 Å². The lowest BCUT2D eigenvalue weighted by molar-refractivity contribution is -0.117. The van der Waals surface area contributed by atoms with Crippen LogP contribution in [0.4, 0.5) is 11.6 Å². The third-order valence-electron chi connectivity index (χ3n) is 4.25. The van der Waals surface area contributed by atoms with E-state index in [1.165, 1.54) is 11.1 Å². The van der Waals surface area contributed by atoms with E-state index in [0.717, 1.165) is 37.3 Å². The maximum absolute atomic E-state index is 11.8. The van der Waals surface area contributed by atoms with Crippen LogP contribution >= 0.6 is 0 Å². The zero-order valence-corrected chi connectivity index (χ0v) is 14.4. The number of nitrogens with zero attached hydrogens (tertiary/aromatic N) is 3. The van der Waals surface area contributed by atoms with Crippen LogP contribution in [-0.4, -0.2) is 41.0 Å². The maximum atomic E-state index is 11.8. The predicted octanol–water partition coefficient (Wildman–Crippen LogP) is 1.59. The average molecular weight is 341 g/mol. The summed E-state index contributed by atoms with van der Waals surface area (Å²) in [6.45, 7) is 3.02. The summed E-state index contributed by atoms with van der Waals surface area (Å²) in [5.41, 5.74) is 9.98. The first-order chi connectivity index (χ1) is 12.1. The highest BCUT2D eigenvalue weighted by Gasteiger charge is 2.17. The van der Waals surface area contributed by atoms with Crippen LogP contribution in [0.15, 0.2) is 30.6 Å². The van der Waals surface area contributed by atoms with Crippen molar-refractivity contribution in [2.75, 3.05) is 31.3 Å². The van der Waals surface area contributed by atoms with Crippen molar-refractivity contribution in [3.8, 4) is 0 Å². The number of carbonyl (C=O) groups is 1. The number of amides is 1. The quantitative estimate of drug-likeness (QED) is 0.829. The molecule has 1 aromatic carbocycles. The van der Waals surface area contributed by atoms with Crippen LogP contribution in [0, 0.1) is 0 Å². The molecule has 0 atom stereocenters. The normalized spacial score (nSPS) is 14.1. The smallest absolute Gasteiger partial charge is 0.226 e. The molecule has 0 unspecified atom stereocenters. The zero-order valence-electron chi connectivity index (χ0n) is 14.4. The number of benzene rings is 1. The molecule has 0 fully saturated rings. The van der Waals surface area contributed by atoms with Gasteiger partial charge in [-0.3, -0.25) is 9.69 Å². The molecule has 0 bridgehead atoms. The van der Waals surface area contributed by atoms with Crippen LogP contribution in [0.1, 0.15) is 23.1 Å². The molecular weight excluding hydrogens is 318 g/mol. The Balaban J connectivity index is 1.64. The van der Waals surface area contributed by atoms with E-state index in [4.69, 9.17) is 10.5 Å². The van der Waals surface area contributed by atoms with Crippen molar-refractivity contribution in [3.63, 3.8) is 0 Å². The van der Waals surface area contributed by atoms with Crippen LogP contribution in [-0.2, 0) is 29.0 Å². The molecule has 1 aromatic heterocycles. The van der Waals surface area contributed by atoms with E-state index in [1.54, 1.807) is 19.5 Å². The molecule has 0 radical (unpaired) electrons. The second kappa shape index (κ2) is 8.04. The zero-order chi connectivity index (χ0) is 17.6. The van der Waals surface area contributed by atoms with E-state index in [0.29, 0.717) is 19.0 Å². The monoisotopic (exact) mass is 341 g/mol. The van der Waals surface area contributed by atoms with Gasteiger partial charge in [-0.25, -0.2) is 9.97 Å². The summed E-state index contributed by atoms with van der Waals surface area (Å²) in [6.07, 6.45) is 4.88. The molecule has 7 heteroatoms. The number of ether oxygens (including phenoxy) is 1. The molecule has 0 saturated carbocycles. The molecule has 0 spiro atoms. The van der Waals surface area contributed by atoms with E-state index < -0.39 is 0 Å². The standard InChI is InChI=1S/C18H23N5O2/c1-25-7-5-17(24)22-16-3-2-14-4-6-23(12-15(14)8-16)11-13-9-20-18(19)21-10-13/h2-3,8-10H,4-7,11-12H2,1H3,(H,22,24)(H2,19,20,21). The predicted molar refractivity (Wildman–Crippen MR) is 95.8 cm³/mol.